The zero-order chi connectivity index (χ0) is 9.40. The van der Waals surface area contributed by atoms with Crippen molar-refractivity contribution in [1.29, 1.82) is 0 Å². The number of hydrogen-bond acceptors (Lipinski definition) is 0. The molecule has 2 nitrogen and oxygen atoms in total. The van der Waals surface area contributed by atoms with Gasteiger partial charge in [0.05, 0.1) is 12.7 Å². The Morgan fingerprint density at radius 3 is 2.42 bits per heavy atom. The maximum atomic E-state index is 2.39. The van der Waals surface area contributed by atoms with Gasteiger partial charge < -0.3 is 0 Å². The molecule has 1 aromatic rings. The average Bonchev–Trinajstić information content (AvgIpc) is 2.39. The van der Waals surface area contributed by atoms with Crippen LogP contribution in [0.2, 0.25) is 0 Å². The van der Waals surface area contributed by atoms with Crippen LogP contribution in [0.15, 0.2) is 18.5 Å². The van der Waals surface area contributed by atoms with Crippen molar-refractivity contribution in [2.45, 2.75) is 19.9 Å². The van der Waals surface area contributed by atoms with Gasteiger partial charge in [-0.25, -0.2) is 0 Å². The summed E-state index contributed by atoms with van der Waals surface area (Å²) in [5, 5.41) is 0. The van der Waals surface area contributed by atoms with Crippen LogP contribution in [0.5, 0.6) is 0 Å². The second-order valence-corrected chi connectivity index (χ2v) is 18.5. The van der Waals surface area contributed by atoms with Gasteiger partial charge in [0.25, 0.3) is 0 Å². The molecule has 12 heavy (non-hydrogen) atoms. The predicted octanol–water partition coefficient (Wildman–Crippen LogP) is -0.502. The zero-order valence-corrected chi connectivity index (χ0v) is 13.6. The molecule has 5 heteroatoms. The molecule has 1 rings (SSSR count). The van der Waals surface area contributed by atoms with Gasteiger partial charge in [0.2, 0.25) is 0 Å². The van der Waals surface area contributed by atoms with Crippen LogP contribution < -0.4 is 17.9 Å². The SMILES string of the molecule is CCCn1ccc[n+]1C.I[I-]I. The molecule has 0 amide bonds. The summed E-state index contributed by atoms with van der Waals surface area (Å²) in [6.07, 6.45) is 5.33. The molecule has 0 fully saturated rings. The van der Waals surface area contributed by atoms with E-state index in [4.69, 9.17) is 0 Å². The van der Waals surface area contributed by atoms with Crippen molar-refractivity contribution in [2.24, 2.45) is 7.05 Å². The van der Waals surface area contributed by atoms with Gasteiger partial charge in [-0.05, 0) is 6.42 Å². The summed E-state index contributed by atoms with van der Waals surface area (Å²) in [7, 11) is 2.05. The molecule has 0 bridgehead atoms. The van der Waals surface area contributed by atoms with E-state index in [9.17, 15) is 0 Å². The van der Waals surface area contributed by atoms with Gasteiger partial charge in [-0.3, -0.25) is 0 Å². The molecule has 0 atom stereocenters. The Morgan fingerprint density at radius 2 is 2.08 bits per heavy atom. The van der Waals surface area contributed by atoms with E-state index in [1.54, 1.807) is 0 Å². The minimum absolute atomic E-state index is 0.530. The van der Waals surface area contributed by atoms with E-state index in [0.29, 0.717) is 13.3 Å². The summed E-state index contributed by atoms with van der Waals surface area (Å²) in [4.78, 5) is 0. The zero-order valence-electron chi connectivity index (χ0n) is 7.17. The van der Waals surface area contributed by atoms with Crippen LogP contribution in [0.1, 0.15) is 13.3 Å². The van der Waals surface area contributed by atoms with Gasteiger partial charge in [0, 0.05) is 6.07 Å². The Kier molecular flexibility index (Phi) is 10.0. The Hall–Kier alpha value is 1.40. The summed E-state index contributed by atoms with van der Waals surface area (Å²) in [6, 6.07) is 2.05. The summed E-state index contributed by atoms with van der Waals surface area (Å²) < 4.78 is 4.27. The molecule has 0 unspecified atom stereocenters. The van der Waals surface area contributed by atoms with Gasteiger partial charge >= 0.3 is 50.5 Å². The topological polar surface area (TPSA) is 8.81 Å². The normalized spacial score (nSPS) is 9.33. The van der Waals surface area contributed by atoms with Crippen molar-refractivity contribution >= 4 is 37.2 Å². The van der Waals surface area contributed by atoms with Gasteiger partial charge in [-0.1, -0.05) is 6.92 Å². The molecular formula is C7H13I3N2. The third-order valence-electron chi connectivity index (χ3n) is 1.42. The molecule has 0 N–H and O–H groups in total. The molecule has 0 radical (unpaired) electrons. The molecule has 0 saturated carbocycles. The van der Waals surface area contributed by atoms with Crippen LogP contribution in [-0.4, -0.2) is 4.68 Å². The standard InChI is InChI=1S/C7H13N2.I3/c1-3-5-9-7-4-6-8(9)2;1-3-2/h4,6-7H,3,5H2,1-2H3;/q+1;-1. The van der Waals surface area contributed by atoms with E-state index >= 15 is 0 Å². The van der Waals surface area contributed by atoms with E-state index in [0.717, 1.165) is 6.54 Å². The van der Waals surface area contributed by atoms with Crippen molar-refractivity contribution in [3.63, 3.8) is 0 Å². The fraction of sp³-hybridized carbons (Fsp3) is 0.571. The molecule has 0 aliphatic heterocycles. The van der Waals surface area contributed by atoms with Crippen molar-refractivity contribution in [3.05, 3.63) is 18.5 Å². The first-order chi connectivity index (χ1) is 5.76. The number of rotatable bonds is 2. The summed E-state index contributed by atoms with van der Waals surface area (Å²) in [6.45, 7) is 3.30. The number of aryl methyl sites for hydroxylation is 2. The van der Waals surface area contributed by atoms with Crippen LogP contribution in [0.25, 0.3) is 0 Å². The summed E-state index contributed by atoms with van der Waals surface area (Å²) in [5.74, 6) is 0. The first-order valence-corrected chi connectivity index (χ1v) is 16.2. The average molecular weight is 506 g/mol. The minimum atomic E-state index is 0.530. The number of aromatic nitrogens is 2. The van der Waals surface area contributed by atoms with Crippen molar-refractivity contribution in [1.82, 2.24) is 4.68 Å². The molecular weight excluding hydrogens is 493 g/mol. The third kappa shape index (κ3) is 5.95. The van der Waals surface area contributed by atoms with Gasteiger partial charge in [-0.2, -0.15) is 4.68 Å². The van der Waals surface area contributed by atoms with Gasteiger partial charge in [0.15, 0.2) is 13.2 Å². The predicted molar refractivity (Wildman–Crippen MR) is 63.9 cm³/mol. The van der Waals surface area contributed by atoms with Gasteiger partial charge in [0.1, 0.15) is 0 Å². The van der Waals surface area contributed by atoms with Crippen LogP contribution in [0.3, 0.4) is 0 Å². The van der Waals surface area contributed by atoms with Crippen molar-refractivity contribution in [2.75, 3.05) is 0 Å². The Labute approximate surface area is 104 Å². The van der Waals surface area contributed by atoms with E-state index in [-0.39, 0.29) is 0 Å². The molecule has 0 saturated heterocycles. The number of nitrogens with zero attached hydrogens (tertiary/aromatic N) is 2. The van der Waals surface area contributed by atoms with E-state index in [1.807, 2.05) is 0 Å². The second kappa shape index (κ2) is 8.97. The fourth-order valence-electron chi connectivity index (χ4n) is 0.915. The quantitative estimate of drug-likeness (QED) is 0.379. The molecule has 1 heterocycles. The number of halogens is 3. The van der Waals surface area contributed by atoms with E-state index in [1.165, 1.54) is 6.42 Å². The molecule has 0 aliphatic rings. The first kappa shape index (κ1) is 13.4. The second-order valence-electron chi connectivity index (χ2n) is 2.28. The van der Waals surface area contributed by atoms with Crippen LogP contribution in [0, 0.1) is 0 Å². The van der Waals surface area contributed by atoms with E-state index < -0.39 is 0 Å². The Bertz CT molecular complexity index is 200. The number of hydrogen-bond donors (Lipinski definition) is 0. The van der Waals surface area contributed by atoms with Crippen molar-refractivity contribution < 1.29 is 17.9 Å². The van der Waals surface area contributed by atoms with Crippen molar-refractivity contribution in [3.8, 4) is 0 Å². The first-order valence-electron chi connectivity index (χ1n) is 3.64. The monoisotopic (exact) mass is 506 g/mol. The molecule has 0 aromatic carbocycles. The molecule has 1 aromatic heterocycles. The Balaban J connectivity index is 0.000000354. The van der Waals surface area contributed by atoms with Crippen LogP contribution in [-0.2, 0) is 13.6 Å². The third-order valence-corrected chi connectivity index (χ3v) is 1.42. The molecule has 0 aliphatic carbocycles. The molecule has 0 spiro atoms. The Morgan fingerprint density at radius 1 is 1.50 bits per heavy atom. The van der Waals surface area contributed by atoms with Gasteiger partial charge in [-0.15, -0.1) is 4.68 Å². The van der Waals surface area contributed by atoms with Crippen LogP contribution >= 0.6 is 37.2 Å². The maximum absolute atomic E-state index is 2.39. The molecule has 72 valence electrons. The summed E-state index contributed by atoms with van der Waals surface area (Å²) in [5.41, 5.74) is 0. The van der Waals surface area contributed by atoms with E-state index in [2.05, 4.69) is 79.0 Å². The van der Waals surface area contributed by atoms with Crippen LogP contribution in [0.4, 0.5) is 0 Å². The summed E-state index contributed by atoms with van der Waals surface area (Å²) >= 11 is 5.30. The fourth-order valence-corrected chi connectivity index (χ4v) is 0.915.